The number of nitrogens with zero attached hydrogens (tertiary/aromatic N) is 1. The van der Waals surface area contributed by atoms with Crippen molar-refractivity contribution in [3.8, 4) is 0 Å². The van der Waals surface area contributed by atoms with E-state index < -0.39 is 30.5 Å². The minimum atomic E-state index is -4.53. The van der Waals surface area contributed by atoms with Crippen molar-refractivity contribution in [3.05, 3.63) is 36.3 Å². The fourth-order valence-electron chi connectivity index (χ4n) is 1.55. The Kier molecular flexibility index (Phi) is 3.73. The number of alkyl halides is 3. The summed E-state index contributed by atoms with van der Waals surface area (Å²) >= 11 is 0. The van der Waals surface area contributed by atoms with E-state index in [2.05, 4.69) is 4.99 Å². The highest BCUT2D eigenvalue weighted by Crippen LogP contribution is 2.16. The SMILES string of the molecule is O=C1N=C(c2ccco2)C=CC1C(=O)NCC(F)(F)F. The minimum Gasteiger partial charge on any atom is -0.463 e. The molecular weight excluding hydrogens is 277 g/mol. The van der Waals surface area contributed by atoms with Crippen LogP contribution in [0, 0.1) is 5.92 Å². The van der Waals surface area contributed by atoms with Crippen molar-refractivity contribution >= 4 is 17.5 Å². The van der Waals surface area contributed by atoms with Crippen molar-refractivity contribution in [3.63, 3.8) is 0 Å². The van der Waals surface area contributed by atoms with Crippen LogP contribution in [0.25, 0.3) is 0 Å². The molecule has 1 aromatic rings. The molecule has 0 bridgehead atoms. The Hall–Kier alpha value is -2.38. The van der Waals surface area contributed by atoms with E-state index in [0.717, 1.165) is 0 Å². The molecule has 1 unspecified atom stereocenters. The monoisotopic (exact) mass is 286 g/mol. The number of aliphatic imine (C=N–C) groups is 1. The molecule has 0 saturated heterocycles. The highest BCUT2D eigenvalue weighted by Gasteiger charge is 2.32. The summed E-state index contributed by atoms with van der Waals surface area (Å²) in [5.74, 6) is -2.88. The van der Waals surface area contributed by atoms with Crippen molar-refractivity contribution in [2.24, 2.45) is 10.9 Å². The van der Waals surface area contributed by atoms with Gasteiger partial charge in [0.05, 0.1) is 6.26 Å². The molecule has 1 aromatic heterocycles. The van der Waals surface area contributed by atoms with Crippen molar-refractivity contribution in [1.29, 1.82) is 0 Å². The third-order valence-electron chi connectivity index (χ3n) is 2.46. The summed E-state index contributed by atoms with van der Waals surface area (Å²) in [5, 5.41) is 1.64. The van der Waals surface area contributed by atoms with E-state index in [1.165, 1.54) is 18.4 Å². The lowest BCUT2D eigenvalue weighted by molar-refractivity contribution is -0.142. The van der Waals surface area contributed by atoms with E-state index in [-0.39, 0.29) is 5.71 Å². The van der Waals surface area contributed by atoms with Crippen LogP contribution in [0.3, 0.4) is 0 Å². The molecule has 1 aliphatic heterocycles. The molecule has 0 fully saturated rings. The van der Waals surface area contributed by atoms with Crippen LogP contribution in [-0.4, -0.2) is 30.2 Å². The zero-order valence-electron chi connectivity index (χ0n) is 9.98. The molecule has 20 heavy (non-hydrogen) atoms. The first-order valence-corrected chi connectivity index (χ1v) is 5.56. The maximum Gasteiger partial charge on any atom is 0.405 e. The molecule has 5 nitrogen and oxygen atoms in total. The number of nitrogens with one attached hydrogen (secondary N) is 1. The van der Waals surface area contributed by atoms with Crippen molar-refractivity contribution in [1.82, 2.24) is 5.32 Å². The predicted molar refractivity (Wildman–Crippen MR) is 61.9 cm³/mol. The molecule has 2 rings (SSSR count). The van der Waals surface area contributed by atoms with Crippen LogP contribution in [0.5, 0.6) is 0 Å². The van der Waals surface area contributed by atoms with Gasteiger partial charge < -0.3 is 9.73 Å². The zero-order chi connectivity index (χ0) is 14.8. The van der Waals surface area contributed by atoms with Gasteiger partial charge >= 0.3 is 6.18 Å². The van der Waals surface area contributed by atoms with Crippen LogP contribution in [0.4, 0.5) is 13.2 Å². The second kappa shape index (κ2) is 5.32. The van der Waals surface area contributed by atoms with Gasteiger partial charge in [-0.25, -0.2) is 4.99 Å². The van der Waals surface area contributed by atoms with Gasteiger partial charge in [-0.1, -0.05) is 6.08 Å². The molecule has 2 amide bonds. The van der Waals surface area contributed by atoms with Crippen molar-refractivity contribution in [2.75, 3.05) is 6.54 Å². The first-order valence-electron chi connectivity index (χ1n) is 5.56. The van der Waals surface area contributed by atoms with Gasteiger partial charge in [0.2, 0.25) is 5.91 Å². The average Bonchev–Trinajstić information content (AvgIpc) is 2.88. The van der Waals surface area contributed by atoms with Gasteiger partial charge in [-0.15, -0.1) is 0 Å². The van der Waals surface area contributed by atoms with Gasteiger partial charge in [0.25, 0.3) is 5.91 Å². The Balaban J connectivity index is 2.02. The summed E-state index contributed by atoms with van der Waals surface area (Å²) in [6.07, 6.45) is -0.588. The quantitative estimate of drug-likeness (QED) is 0.855. The number of amides is 2. The van der Waals surface area contributed by atoms with Gasteiger partial charge in [-0.05, 0) is 18.2 Å². The predicted octanol–water partition coefficient (Wildman–Crippen LogP) is 1.46. The fourth-order valence-corrected chi connectivity index (χ4v) is 1.55. The Morgan fingerprint density at radius 3 is 2.75 bits per heavy atom. The number of hydrogen-bond acceptors (Lipinski definition) is 3. The van der Waals surface area contributed by atoms with E-state index >= 15 is 0 Å². The topological polar surface area (TPSA) is 71.7 Å². The van der Waals surface area contributed by atoms with Crippen LogP contribution >= 0.6 is 0 Å². The number of rotatable bonds is 3. The summed E-state index contributed by atoms with van der Waals surface area (Å²) in [5.41, 5.74) is 0.222. The number of dihydropyridines is 1. The minimum absolute atomic E-state index is 0.222. The van der Waals surface area contributed by atoms with Gasteiger partial charge in [0.1, 0.15) is 18.2 Å². The molecule has 2 heterocycles. The smallest absolute Gasteiger partial charge is 0.405 e. The van der Waals surface area contributed by atoms with E-state index in [9.17, 15) is 22.8 Å². The van der Waals surface area contributed by atoms with Crippen molar-refractivity contribution in [2.45, 2.75) is 6.18 Å². The normalized spacial score (nSPS) is 18.9. The average molecular weight is 286 g/mol. The van der Waals surface area contributed by atoms with E-state index in [4.69, 9.17) is 4.42 Å². The van der Waals surface area contributed by atoms with Crippen LogP contribution in [-0.2, 0) is 9.59 Å². The summed E-state index contributed by atoms with van der Waals surface area (Å²) < 4.78 is 40.9. The molecule has 8 heteroatoms. The van der Waals surface area contributed by atoms with Crippen LogP contribution in [0.15, 0.2) is 40.0 Å². The summed E-state index contributed by atoms with van der Waals surface area (Å²) in [4.78, 5) is 26.7. The van der Waals surface area contributed by atoms with Gasteiger partial charge in [-0.3, -0.25) is 9.59 Å². The molecule has 0 radical (unpaired) electrons. The third kappa shape index (κ3) is 3.34. The van der Waals surface area contributed by atoms with Crippen molar-refractivity contribution < 1.29 is 27.2 Å². The Morgan fingerprint density at radius 2 is 2.20 bits per heavy atom. The molecule has 0 aliphatic carbocycles. The third-order valence-corrected chi connectivity index (χ3v) is 2.46. The summed E-state index contributed by atoms with van der Waals surface area (Å²) in [6, 6.07) is 3.17. The lowest BCUT2D eigenvalue weighted by atomic mass is 10.0. The lowest BCUT2D eigenvalue weighted by Gasteiger charge is -2.14. The number of halogens is 3. The maximum absolute atomic E-state index is 12.0. The molecule has 106 valence electrons. The van der Waals surface area contributed by atoms with E-state index in [0.29, 0.717) is 5.76 Å². The summed E-state index contributed by atoms with van der Waals surface area (Å²) in [7, 11) is 0. The molecular formula is C12H9F3N2O3. The number of allylic oxidation sites excluding steroid dienone is 1. The van der Waals surface area contributed by atoms with Crippen LogP contribution in [0.1, 0.15) is 5.76 Å². The highest BCUT2D eigenvalue weighted by atomic mass is 19.4. The second-order valence-electron chi connectivity index (χ2n) is 3.98. The molecule has 0 aromatic carbocycles. The molecule has 1 N–H and O–H groups in total. The number of carbonyl (C=O) groups is 2. The molecule has 0 spiro atoms. The summed E-state index contributed by atoms with van der Waals surface area (Å²) in [6.45, 7) is -1.49. The number of carbonyl (C=O) groups excluding carboxylic acids is 2. The Labute approximate surface area is 111 Å². The largest absolute Gasteiger partial charge is 0.463 e. The first kappa shape index (κ1) is 14.0. The van der Waals surface area contributed by atoms with Gasteiger partial charge in [-0.2, -0.15) is 13.2 Å². The first-order chi connectivity index (χ1) is 9.37. The zero-order valence-corrected chi connectivity index (χ0v) is 9.98. The van der Waals surface area contributed by atoms with Gasteiger partial charge in [0, 0.05) is 0 Å². The highest BCUT2D eigenvalue weighted by molar-refractivity contribution is 6.17. The standard InChI is InChI=1S/C12H9F3N2O3/c13-12(14,15)6-16-10(18)7-3-4-8(17-11(7)19)9-2-1-5-20-9/h1-5,7H,6H2,(H,16,18). The number of furan rings is 1. The van der Waals surface area contributed by atoms with Crippen LogP contribution < -0.4 is 5.32 Å². The second-order valence-corrected chi connectivity index (χ2v) is 3.98. The molecule has 1 atom stereocenters. The molecule has 0 saturated carbocycles. The Bertz CT molecular complexity index is 573. The van der Waals surface area contributed by atoms with E-state index in [1.807, 2.05) is 0 Å². The molecule has 1 aliphatic rings. The maximum atomic E-state index is 12.0. The van der Waals surface area contributed by atoms with Crippen LogP contribution in [0.2, 0.25) is 0 Å². The van der Waals surface area contributed by atoms with Gasteiger partial charge in [0.15, 0.2) is 5.76 Å². The fraction of sp³-hybridized carbons (Fsp3) is 0.250. The number of hydrogen-bond donors (Lipinski definition) is 1. The lowest BCUT2D eigenvalue weighted by Crippen LogP contribution is -2.40. The Morgan fingerprint density at radius 1 is 1.45 bits per heavy atom. The van der Waals surface area contributed by atoms with E-state index in [1.54, 1.807) is 17.4 Å².